The molecule has 9 nitrogen and oxygen atoms in total. The molecule has 2 heterocycles. The van der Waals surface area contributed by atoms with Gasteiger partial charge in [0.1, 0.15) is 18.3 Å². The average molecular weight is 446 g/mol. The molecule has 1 aromatic heterocycles. The first-order chi connectivity index (χ1) is 16.0. The number of likely N-dealkylation sites (tertiary alicyclic amines) is 1. The zero-order valence-electron chi connectivity index (χ0n) is 17.7. The molecule has 1 aliphatic heterocycles. The number of H-pyrrole nitrogens is 1. The zero-order chi connectivity index (χ0) is 22.9. The van der Waals surface area contributed by atoms with Crippen LogP contribution in [0.15, 0.2) is 54.6 Å². The van der Waals surface area contributed by atoms with E-state index in [1.54, 1.807) is 0 Å². The van der Waals surface area contributed by atoms with Crippen molar-refractivity contribution in [1.29, 1.82) is 0 Å². The first-order valence-electron chi connectivity index (χ1n) is 10.7. The lowest BCUT2D eigenvalue weighted by Gasteiger charge is -2.20. The van der Waals surface area contributed by atoms with Crippen LogP contribution < -0.4 is 5.32 Å². The molecule has 0 bridgehead atoms. The van der Waals surface area contributed by atoms with Crippen molar-refractivity contribution in [2.45, 2.75) is 24.8 Å². The fourth-order valence-corrected chi connectivity index (χ4v) is 4.66. The SMILES string of the molecule is O=C(Nc1cc(C(=O)N2CCC[C@H]2C(=O)O)[nH]n1)OCC1c2ccccc2-c2ccccc21. The topological polar surface area (TPSA) is 125 Å². The van der Waals surface area contributed by atoms with E-state index in [1.165, 1.54) is 11.0 Å². The second-order valence-corrected chi connectivity index (χ2v) is 8.11. The highest BCUT2D eigenvalue weighted by Crippen LogP contribution is 2.44. The number of rotatable bonds is 5. The van der Waals surface area contributed by atoms with Gasteiger partial charge in [-0.15, -0.1) is 0 Å². The Morgan fingerprint density at radius 3 is 2.42 bits per heavy atom. The van der Waals surface area contributed by atoms with Gasteiger partial charge in [-0.05, 0) is 35.1 Å². The molecule has 1 fully saturated rings. The number of carbonyl (C=O) groups excluding carboxylic acids is 2. The van der Waals surface area contributed by atoms with Crippen LogP contribution >= 0.6 is 0 Å². The minimum absolute atomic E-state index is 0.0670. The van der Waals surface area contributed by atoms with Gasteiger partial charge < -0.3 is 14.7 Å². The Morgan fingerprint density at radius 1 is 1.09 bits per heavy atom. The predicted octanol–water partition coefficient (Wildman–Crippen LogP) is 3.46. The standard InChI is InChI=1S/C24H22N4O5/c29-22(28-11-5-10-20(28)23(30)31)19-12-21(27-26-19)25-24(32)33-13-18-16-8-3-1-6-14(16)15-7-2-4-9-17(15)18/h1-4,6-9,12,18,20H,5,10-11,13H2,(H,30,31)(H2,25,26,27,32)/t20-/m0/s1. The summed E-state index contributed by atoms with van der Waals surface area (Å²) in [5, 5.41) is 18.3. The molecule has 3 N–H and O–H groups in total. The highest BCUT2D eigenvalue weighted by molar-refractivity contribution is 5.96. The number of hydrogen-bond donors (Lipinski definition) is 3. The summed E-state index contributed by atoms with van der Waals surface area (Å²) in [6, 6.07) is 16.6. The van der Waals surface area contributed by atoms with Gasteiger partial charge >= 0.3 is 12.1 Å². The molecule has 33 heavy (non-hydrogen) atoms. The Hall–Kier alpha value is -4.14. The number of carbonyl (C=O) groups is 3. The van der Waals surface area contributed by atoms with E-state index in [0.29, 0.717) is 19.4 Å². The van der Waals surface area contributed by atoms with Gasteiger partial charge in [0.15, 0.2) is 5.82 Å². The molecule has 9 heteroatoms. The van der Waals surface area contributed by atoms with E-state index in [2.05, 4.69) is 27.6 Å². The number of anilines is 1. The highest BCUT2D eigenvalue weighted by atomic mass is 16.5. The number of hydrogen-bond acceptors (Lipinski definition) is 5. The zero-order valence-corrected chi connectivity index (χ0v) is 17.7. The lowest BCUT2D eigenvalue weighted by molar-refractivity contribution is -0.141. The number of carboxylic acids is 1. The van der Waals surface area contributed by atoms with Crippen LogP contribution in [0.1, 0.15) is 40.4 Å². The summed E-state index contributed by atoms with van der Waals surface area (Å²) in [5.74, 6) is -1.44. The molecule has 0 spiro atoms. The molecule has 2 aliphatic rings. The summed E-state index contributed by atoms with van der Waals surface area (Å²) in [5.41, 5.74) is 4.60. The lowest BCUT2D eigenvalue weighted by atomic mass is 9.98. The van der Waals surface area contributed by atoms with E-state index in [4.69, 9.17) is 4.74 Å². The van der Waals surface area contributed by atoms with Crippen molar-refractivity contribution in [3.8, 4) is 11.1 Å². The number of aromatic amines is 1. The van der Waals surface area contributed by atoms with E-state index in [9.17, 15) is 19.5 Å². The molecule has 168 valence electrons. The average Bonchev–Trinajstić information content (AvgIpc) is 3.55. The second-order valence-electron chi connectivity index (χ2n) is 8.11. The molecule has 1 saturated heterocycles. The normalized spacial score (nSPS) is 16.8. The largest absolute Gasteiger partial charge is 0.480 e. The molecule has 1 aliphatic carbocycles. The van der Waals surface area contributed by atoms with Crippen molar-refractivity contribution < 1.29 is 24.2 Å². The number of nitrogens with zero attached hydrogens (tertiary/aromatic N) is 2. The summed E-state index contributed by atoms with van der Waals surface area (Å²) < 4.78 is 5.48. The van der Waals surface area contributed by atoms with Gasteiger partial charge in [-0.3, -0.25) is 15.2 Å². The van der Waals surface area contributed by atoms with E-state index in [-0.39, 0.29) is 24.0 Å². The van der Waals surface area contributed by atoms with Crippen molar-refractivity contribution in [1.82, 2.24) is 15.1 Å². The van der Waals surface area contributed by atoms with E-state index >= 15 is 0 Å². The van der Waals surface area contributed by atoms with Gasteiger partial charge in [0, 0.05) is 18.5 Å². The Labute approximate surface area is 189 Å². The van der Waals surface area contributed by atoms with Crippen LogP contribution in [-0.4, -0.2) is 57.4 Å². The van der Waals surface area contributed by atoms with Crippen LogP contribution in [0.4, 0.5) is 10.6 Å². The number of aromatic nitrogens is 2. The van der Waals surface area contributed by atoms with Crippen molar-refractivity contribution in [3.63, 3.8) is 0 Å². The fourth-order valence-electron chi connectivity index (χ4n) is 4.66. The minimum atomic E-state index is -1.03. The second kappa shape index (κ2) is 8.42. The van der Waals surface area contributed by atoms with Crippen LogP contribution in [0.2, 0.25) is 0 Å². The van der Waals surface area contributed by atoms with Gasteiger partial charge in [0.2, 0.25) is 0 Å². The molecule has 5 rings (SSSR count). The molecular weight excluding hydrogens is 424 g/mol. The summed E-state index contributed by atoms with van der Waals surface area (Å²) in [6.07, 6.45) is 0.355. The van der Waals surface area contributed by atoms with Crippen molar-refractivity contribution in [3.05, 3.63) is 71.4 Å². The Bertz CT molecular complexity index is 1190. The molecule has 2 amide bonds. The number of carboxylic acid groups (broad SMARTS) is 1. The predicted molar refractivity (Wildman–Crippen MR) is 119 cm³/mol. The van der Waals surface area contributed by atoms with Crippen LogP contribution in [0.25, 0.3) is 11.1 Å². The van der Waals surface area contributed by atoms with E-state index < -0.39 is 24.0 Å². The summed E-state index contributed by atoms with van der Waals surface area (Å²) in [7, 11) is 0. The van der Waals surface area contributed by atoms with Crippen LogP contribution in [0.5, 0.6) is 0 Å². The van der Waals surface area contributed by atoms with Crippen molar-refractivity contribution in [2.75, 3.05) is 18.5 Å². The van der Waals surface area contributed by atoms with Gasteiger partial charge in [0.05, 0.1) is 0 Å². The summed E-state index contributed by atoms with van der Waals surface area (Å²) in [4.78, 5) is 37.7. The first kappa shape index (κ1) is 20.7. The smallest absolute Gasteiger partial charge is 0.412 e. The van der Waals surface area contributed by atoms with E-state index in [0.717, 1.165) is 22.3 Å². The summed E-state index contributed by atoms with van der Waals surface area (Å²) in [6.45, 7) is 0.522. The molecule has 3 aromatic rings. The number of benzene rings is 2. The van der Waals surface area contributed by atoms with Crippen molar-refractivity contribution in [2.24, 2.45) is 0 Å². The van der Waals surface area contributed by atoms with Gasteiger partial charge in [-0.1, -0.05) is 48.5 Å². The molecule has 0 unspecified atom stereocenters. The Kier molecular flexibility index (Phi) is 5.29. The molecule has 0 saturated carbocycles. The first-order valence-corrected chi connectivity index (χ1v) is 10.7. The quantitative estimate of drug-likeness (QED) is 0.551. The number of aliphatic carboxylic acids is 1. The number of ether oxygens (including phenoxy) is 1. The number of nitrogens with one attached hydrogen (secondary N) is 2. The lowest BCUT2D eigenvalue weighted by Crippen LogP contribution is -2.40. The summed E-state index contributed by atoms with van der Waals surface area (Å²) >= 11 is 0. The van der Waals surface area contributed by atoms with Crippen LogP contribution in [-0.2, 0) is 9.53 Å². The maximum Gasteiger partial charge on any atom is 0.412 e. The van der Waals surface area contributed by atoms with Crippen LogP contribution in [0, 0.1) is 0 Å². The Balaban J connectivity index is 1.23. The molecule has 0 radical (unpaired) electrons. The van der Waals surface area contributed by atoms with Crippen LogP contribution in [0.3, 0.4) is 0 Å². The number of amides is 2. The third-order valence-electron chi connectivity index (χ3n) is 6.18. The van der Waals surface area contributed by atoms with Crippen molar-refractivity contribution >= 4 is 23.8 Å². The minimum Gasteiger partial charge on any atom is -0.480 e. The Morgan fingerprint density at radius 2 is 1.76 bits per heavy atom. The molecule has 1 atom stereocenters. The maximum atomic E-state index is 12.6. The number of fused-ring (bicyclic) bond motifs is 3. The fraction of sp³-hybridized carbons (Fsp3) is 0.250. The molecule has 2 aromatic carbocycles. The molecular formula is C24H22N4O5. The third-order valence-corrected chi connectivity index (χ3v) is 6.18. The maximum absolute atomic E-state index is 12.6. The van der Waals surface area contributed by atoms with E-state index in [1.807, 2.05) is 36.4 Å². The highest BCUT2D eigenvalue weighted by Gasteiger charge is 2.35. The van der Waals surface area contributed by atoms with Gasteiger partial charge in [0.25, 0.3) is 5.91 Å². The van der Waals surface area contributed by atoms with Gasteiger partial charge in [-0.25, -0.2) is 9.59 Å². The third kappa shape index (κ3) is 3.82. The monoisotopic (exact) mass is 446 g/mol. The van der Waals surface area contributed by atoms with Gasteiger partial charge in [-0.2, -0.15) is 5.10 Å².